The molecule has 22 heavy (non-hydrogen) atoms. The Labute approximate surface area is 129 Å². The molecule has 1 aliphatic heterocycles. The topological polar surface area (TPSA) is 76.1 Å². The summed E-state index contributed by atoms with van der Waals surface area (Å²) in [4.78, 5) is 25.5. The summed E-state index contributed by atoms with van der Waals surface area (Å²) in [6.07, 6.45) is 0.0881. The number of methoxy groups -OCH3 is 2. The quantitative estimate of drug-likeness (QED) is 0.892. The number of nitrogens with zero attached hydrogens (tertiary/aromatic N) is 1. The molecule has 6 nitrogen and oxygen atoms in total. The molecule has 6 heteroatoms. The van der Waals surface area contributed by atoms with Crippen LogP contribution in [-0.2, 0) is 14.3 Å². The number of carbonyl (C=O) groups excluding carboxylic acids is 1. The highest BCUT2D eigenvalue weighted by Crippen LogP contribution is 2.27. The molecule has 1 aliphatic rings. The molecular formula is C16H21NO5. The maximum absolute atomic E-state index is 12.7. The molecule has 0 radical (unpaired) electrons. The molecule has 1 aromatic rings. The molecule has 1 saturated heterocycles. The van der Waals surface area contributed by atoms with Gasteiger partial charge < -0.3 is 19.5 Å². The number of rotatable bonds is 5. The highest BCUT2D eigenvalue weighted by Gasteiger charge is 2.41. The van der Waals surface area contributed by atoms with Crippen molar-refractivity contribution in [1.29, 1.82) is 0 Å². The van der Waals surface area contributed by atoms with E-state index in [1.165, 1.54) is 12.0 Å². The summed E-state index contributed by atoms with van der Waals surface area (Å²) in [7, 11) is 3.10. The van der Waals surface area contributed by atoms with Gasteiger partial charge in [0.25, 0.3) is 0 Å². The van der Waals surface area contributed by atoms with E-state index in [0.717, 1.165) is 5.56 Å². The van der Waals surface area contributed by atoms with Crippen molar-refractivity contribution in [2.45, 2.75) is 31.4 Å². The van der Waals surface area contributed by atoms with Gasteiger partial charge in [-0.3, -0.25) is 4.79 Å². The number of carbonyl (C=O) groups is 2. The van der Waals surface area contributed by atoms with Crippen LogP contribution >= 0.6 is 0 Å². The van der Waals surface area contributed by atoms with E-state index in [-0.39, 0.29) is 12.0 Å². The Bertz CT molecular complexity index is 559. The van der Waals surface area contributed by atoms with Crippen LogP contribution in [0.2, 0.25) is 0 Å². The third-order valence-electron chi connectivity index (χ3n) is 4.13. The molecule has 0 saturated carbocycles. The number of hydrogen-bond acceptors (Lipinski definition) is 4. The maximum Gasteiger partial charge on any atom is 0.326 e. The van der Waals surface area contributed by atoms with Crippen molar-refractivity contribution >= 4 is 11.9 Å². The van der Waals surface area contributed by atoms with Gasteiger partial charge in [-0.25, -0.2) is 4.79 Å². The van der Waals surface area contributed by atoms with Crippen LogP contribution in [0.4, 0.5) is 0 Å². The first-order chi connectivity index (χ1) is 10.5. The average molecular weight is 307 g/mol. The predicted octanol–water partition coefficient (Wildman–Crippen LogP) is 1.50. The van der Waals surface area contributed by atoms with Crippen LogP contribution in [-0.4, -0.2) is 54.8 Å². The zero-order chi connectivity index (χ0) is 16.3. The summed E-state index contributed by atoms with van der Waals surface area (Å²) >= 11 is 0. The van der Waals surface area contributed by atoms with E-state index in [2.05, 4.69) is 0 Å². The number of benzene rings is 1. The van der Waals surface area contributed by atoms with Crippen LogP contribution in [0.1, 0.15) is 24.8 Å². The van der Waals surface area contributed by atoms with Crippen molar-refractivity contribution < 1.29 is 24.2 Å². The van der Waals surface area contributed by atoms with Gasteiger partial charge in [-0.15, -0.1) is 0 Å². The van der Waals surface area contributed by atoms with Crippen LogP contribution < -0.4 is 4.74 Å². The van der Waals surface area contributed by atoms with Gasteiger partial charge in [0.1, 0.15) is 11.8 Å². The van der Waals surface area contributed by atoms with Gasteiger partial charge in [0.15, 0.2) is 0 Å². The van der Waals surface area contributed by atoms with Gasteiger partial charge >= 0.3 is 5.97 Å². The van der Waals surface area contributed by atoms with Crippen molar-refractivity contribution in [1.82, 2.24) is 4.90 Å². The molecule has 0 aromatic heterocycles. The van der Waals surface area contributed by atoms with Crippen molar-refractivity contribution in [2.24, 2.45) is 0 Å². The van der Waals surface area contributed by atoms with E-state index in [0.29, 0.717) is 18.7 Å². The second kappa shape index (κ2) is 6.79. The Hall–Kier alpha value is -2.08. The summed E-state index contributed by atoms with van der Waals surface area (Å²) in [5.74, 6) is -0.971. The molecule has 1 heterocycles. The largest absolute Gasteiger partial charge is 0.497 e. The minimum Gasteiger partial charge on any atom is -0.497 e. The summed E-state index contributed by atoms with van der Waals surface area (Å²) in [6.45, 7) is 2.08. The standard InChI is InChI=1S/C16H21NO5/c1-10(11-5-4-6-12(7-11)21-2)15(18)17-9-13(22-3)8-14(17)16(19)20/h4-7,10,13-14H,8-9H2,1-3H3,(H,19,20). The van der Waals surface area contributed by atoms with Crippen molar-refractivity contribution in [3.8, 4) is 5.75 Å². The first-order valence-corrected chi connectivity index (χ1v) is 7.18. The Balaban J connectivity index is 2.19. The number of ether oxygens (including phenoxy) is 2. The fraction of sp³-hybridized carbons (Fsp3) is 0.500. The molecule has 1 amide bonds. The Kier molecular flexibility index (Phi) is 5.03. The van der Waals surface area contributed by atoms with E-state index in [1.807, 2.05) is 12.1 Å². The summed E-state index contributed by atoms with van der Waals surface area (Å²) in [6, 6.07) is 6.42. The molecule has 1 N–H and O–H groups in total. The molecule has 1 fully saturated rings. The molecule has 2 rings (SSSR count). The lowest BCUT2D eigenvalue weighted by atomic mass is 9.99. The third-order valence-corrected chi connectivity index (χ3v) is 4.13. The van der Waals surface area contributed by atoms with Crippen molar-refractivity contribution in [2.75, 3.05) is 20.8 Å². The van der Waals surface area contributed by atoms with Gasteiger partial charge in [-0.05, 0) is 24.6 Å². The fourth-order valence-electron chi connectivity index (χ4n) is 2.75. The van der Waals surface area contributed by atoms with Gasteiger partial charge in [0, 0.05) is 20.1 Å². The summed E-state index contributed by atoms with van der Waals surface area (Å²) in [5, 5.41) is 9.31. The SMILES string of the molecule is COc1cccc(C(C)C(=O)N2CC(OC)CC2C(=O)O)c1. The Morgan fingerprint density at radius 1 is 1.36 bits per heavy atom. The molecule has 3 unspecified atom stereocenters. The zero-order valence-electron chi connectivity index (χ0n) is 13.0. The zero-order valence-corrected chi connectivity index (χ0v) is 13.0. The molecular weight excluding hydrogens is 286 g/mol. The minimum atomic E-state index is -0.995. The third kappa shape index (κ3) is 3.22. The van der Waals surface area contributed by atoms with Crippen molar-refractivity contribution in [3.05, 3.63) is 29.8 Å². The van der Waals surface area contributed by atoms with Crippen LogP contribution in [0, 0.1) is 0 Å². The number of hydrogen-bond donors (Lipinski definition) is 1. The van der Waals surface area contributed by atoms with Gasteiger partial charge in [0.05, 0.1) is 19.1 Å². The second-order valence-corrected chi connectivity index (χ2v) is 5.44. The van der Waals surface area contributed by atoms with Gasteiger partial charge in [-0.1, -0.05) is 12.1 Å². The fourth-order valence-corrected chi connectivity index (χ4v) is 2.75. The second-order valence-electron chi connectivity index (χ2n) is 5.44. The van der Waals surface area contributed by atoms with Crippen LogP contribution in [0.5, 0.6) is 5.75 Å². The number of carboxylic acid groups (broad SMARTS) is 1. The lowest BCUT2D eigenvalue weighted by Gasteiger charge is -2.25. The highest BCUT2D eigenvalue weighted by molar-refractivity contribution is 5.88. The lowest BCUT2D eigenvalue weighted by Crippen LogP contribution is -2.42. The molecule has 0 bridgehead atoms. The van der Waals surface area contributed by atoms with Crippen LogP contribution in [0.3, 0.4) is 0 Å². The van der Waals surface area contributed by atoms with Crippen LogP contribution in [0.15, 0.2) is 24.3 Å². The smallest absolute Gasteiger partial charge is 0.326 e. The molecule has 0 spiro atoms. The summed E-state index contributed by atoms with van der Waals surface area (Å²) < 4.78 is 10.4. The van der Waals surface area contributed by atoms with Crippen LogP contribution in [0.25, 0.3) is 0 Å². The molecule has 0 aliphatic carbocycles. The normalized spacial score (nSPS) is 22.4. The maximum atomic E-state index is 12.7. The monoisotopic (exact) mass is 307 g/mol. The number of amides is 1. The first kappa shape index (κ1) is 16.3. The number of likely N-dealkylation sites (tertiary alicyclic amines) is 1. The highest BCUT2D eigenvalue weighted by atomic mass is 16.5. The average Bonchev–Trinajstić information content (AvgIpc) is 2.98. The van der Waals surface area contributed by atoms with E-state index in [1.54, 1.807) is 26.2 Å². The van der Waals surface area contributed by atoms with E-state index in [9.17, 15) is 14.7 Å². The number of aliphatic carboxylic acids is 1. The lowest BCUT2D eigenvalue weighted by molar-refractivity contribution is -0.148. The van der Waals surface area contributed by atoms with Gasteiger partial charge in [0.2, 0.25) is 5.91 Å². The minimum absolute atomic E-state index is 0.208. The number of carboxylic acids is 1. The van der Waals surface area contributed by atoms with E-state index >= 15 is 0 Å². The Morgan fingerprint density at radius 3 is 2.68 bits per heavy atom. The van der Waals surface area contributed by atoms with Gasteiger partial charge in [-0.2, -0.15) is 0 Å². The molecule has 1 aromatic carbocycles. The molecule has 3 atom stereocenters. The van der Waals surface area contributed by atoms with Crippen molar-refractivity contribution in [3.63, 3.8) is 0 Å². The van der Waals surface area contributed by atoms with E-state index < -0.39 is 17.9 Å². The predicted molar refractivity (Wildman–Crippen MR) is 80.0 cm³/mol. The Morgan fingerprint density at radius 2 is 2.09 bits per heavy atom. The first-order valence-electron chi connectivity index (χ1n) is 7.18. The molecule has 120 valence electrons. The van der Waals surface area contributed by atoms with E-state index in [4.69, 9.17) is 9.47 Å². The summed E-state index contributed by atoms with van der Waals surface area (Å²) in [5.41, 5.74) is 0.800.